The maximum Gasteiger partial charge on any atom is 0.305 e. The van der Waals surface area contributed by atoms with Gasteiger partial charge in [0, 0.05) is 17.8 Å². The van der Waals surface area contributed by atoms with E-state index in [9.17, 15) is 9.59 Å². The van der Waals surface area contributed by atoms with Crippen LogP contribution in [0.5, 0.6) is 0 Å². The highest BCUT2D eigenvalue weighted by molar-refractivity contribution is 5.94. The predicted molar refractivity (Wildman–Crippen MR) is 86.7 cm³/mol. The van der Waals surface area contributed by atoms with Gasteiger partial charge in [0.2, 0.25) is 0 Å². The Labute approximate surface area is 139 Å². The van der Waals surface area contributed by atoms with Gasteiger partial charge in [0.1, 0.15) is 11.5 Å². The molecule has 2 aromatic rings. The lowest BCUT2D eigenvalue weighted by Gasteiger charge is -2.34. The van der Waals surface area contributed by atoms with Crippen LogP contribution < -0.4 is 0 Å². The van der Waals surface area contributed by atoms with Gasteiger partial charge in [-0.1, -0.05) is 30.3 Å². The van der Waals surface area contributed by atoms with Crippen molar-refractivity contribution in [1.82, 2.24) is 14.9 Å². The summed E-state index contributed by atoms with van der Waals surface area (Å²) in [7, 11) is 0. The molecule has 126 valence electrons. The summed E-state index contributed by atoms with van der Waals surface area (Å²) in [5.41, 5.74) is 1.88. The molecule has 1 amide bonds. The Bertz CT molecular complexity index is 742. The molecule has 7 heteroatoms. The number of morpholine rings is 1. The summed E-state index contributed by atoms with van der Waals surface area (Å²) in [6.07, 6.45) is -0.138. The van der Waals surface area contributed by atoms with E-state index < -0.39 is 12.0 Å². The Morgan fingerprint density at radius 1 is 1.38 bits per heavy atom. The van der Waals surface area contributed by atoms with Crippen molar-refractivity contribution in [2.45, 2.75) is 19.4 Å². The standard InChI is InChI=1S/C17H19N3O4/c1-11-15(19-16(18-11)12-5-3-2-4-6-12)17(23)20-7-8-24-10-13(20)9-14(21)22/h2-6,13H,7-10H2,1H3,(H,18,19)(H,21,22)/t13-/m0/s1. The van der Waals surface area contributed by atoms with Crippen molar-refractivity contribution >= 4 is 11.9 Å². The van der Waals surface area contributed by atoms with Gasteiger partial charge in [-0.25, -0.2) is 4.98 Å². The third-order valence-electron chi connectivity index (χ3n) is 4.03. The minimum Gasteiger partial charge on any atom is -0.481 e. The fraction of sp³-hybridized carbons (Fsp3) is 0.353. The SMILES string of the molecule is Cc1[nH]c(-c2ccccc2)nc1C(=O)N1CCOC[C@@H]1CC(=O)O. The van der Waals surface area contributed by atoms with Crippen molar-refractivity contribution in [3.05, 3.63) is 41.7 Å². The molecule has 1 aliphatic heterocycles. The number of aryl methyl sites for hydroxylation is 1. The molecule has 1 atom stereocenters. The van der Waals surface area contributed by atoms with Crippen LogP contribution in [0.15, 0.2) is 30.3 Å². The van der Waals surface area contributed by atoms with Crippen molar-refractivity contribution < 1.29 is 19.4 Å². The van der Waals surface area contributed by atoms with E-state index in [1.807, 2.05) is 30.3 Å². The first-order chi connectivity index (χ1) is 11.6. The van der Waals surface area contributed by atoms with Crippen LogP contribution in [0.3, 0.4) is 0 Å². The van der Waals surface area contributed by atoms with Gasteiger partial charge in [-0.3, -0.25) is 9.59 Å². The molecule has 0 saturated carbocycles. The third-order valence-corrected chi connectivity index (χ3v) is 4.03. The fourth-order valence-corrected chi connectivity index (χ4v) is 2.83. The lowest BCUT2D eigenvalue weighted by Crippen LogP contribution is -2.49. The molecule has 1 saturated heterocycles. The lowest BCUT2D eigenvalue weighted by molar-refractivity contribution is -0.139. The third kappa shape index (κ3) is 3.30. The van der Waals surface area contributed by atoms with Crippen molar-refractivity contribution in [3.8, 4) is 11.4 Å². The molecule has 0 bridgehead atoms. The van der Waals surface area contributed by atoms with Gasteiger partial charge >= 0.3 is 5.97 Å². The van der Waals surface area contributed by atoms with E-state index in [4.69, 9.17) is 9.84 Å². The van der Waals surface area contributed by atoms with Crippen LogP contribution in [0.4, 0.5) is 0 Å². The zero-order chi connectivity index (χ0) is 17.1. The number of aromatic amines is 1. The predicted octanol–water partition coefficient (Wildman–Crippen LogP) is 1.70. The van der Waals surface area contributed by atoms with E-state index in [0.717, 1.165) is 5.56 Å². The number of nitrogens with one attached hydrogen (secondary N) is 1. The van der Waals surface area contributed by atoms with E-state index >= 15 is 0 Å². The van der Waals surface area contributed by atoms with Gasteiger partial charge in [-0.15, -0.1) is 0 Å². The minimum absolute atomic E-state index is 0.138. The Balaban J connectivity index is 1.86. The molecule has 0 aliphatic carbocycles. The van der Waals surface area contributed by atoms with Crippen molar-refractivity contribution in [1.29, 1.82) is 0 Å². The van der Waals surface area contributed by atoms with Crippen LogP contribution >= 0.6 is 0 Å². The summed E-state index contributed by atoms with van der Waals surface area (Å²) in [6.45, 7) is 2.78. The number of aliphatic carboxylic acids is 1. The smallest absolute Gasteiger partial charge is 0.305 e. The number of hydrogen-bond acceptors (Lipinski definition) is 4. The number of carbonyl (C=O) groups is 2. The van der Waals surface area contributed by atoms with Gasteiger partial charge in [-0.05, 0) is 6.92 Å². The summed E-state index contributed by atoms with van der Waals surface area (Å²) in [4.78, 5) is 33.0. The first kappa shape index (κ1) is 16.2. The van der Waals surface area contributed by atoms with E-state index in [2.05, 4.69) is 9.97 Å². The topological polar surface area (TPSA) is 95.5 Å². The lowest BCUT2D eigenvalue weighted by atomic mass is 10.1. The maximum absolute atomic E-state index is 12.9. The number of carbonyl (C=O) groups excluding carboxylic acids is 1. The maximum atomic E-state index is 12.9. The van der Waals surface area contributed by atoms with Crippen molar-refractivity contribution in [2.24, 2.45) is 0 Å². The molecular weight excluding hydrogens is 310 g/mol. The molecule has 1 aromatic heterocycles. The summed E-state index contributed by atoms with van der Waals surface area (Å²) >= 11 is 0. The molecule has 7 nitrogen and oxygen atoms in total. The number of carboxylic acids is 1. The number of imidazole rings is 1. The van der Waals surface area contributed by atoms with E-state index in [-0.39, 0.29) is 18.9 Å². The highest BCUT2D eigenvalue weighted by Gasteiger charge is 2.32. The van der Waals surface area contributed by atoms with Crippen LogP contribution in [-0.2, 0) is 9.53 Å². The number of carboxylic acid groups (broad SMARTS) is 1. The average molecular weight is 329 g/mol. The number of H-pyrrole nitrogens is 1. The monoisotopic (exact) mass is 329 g/mol. The number of hydrogen-bond donors (Lipinski definition) is 2. The minimum atomic E-state index is -0.952. The molecule has 3 rings (SSSR count). The molecule has 0 spiro atoms. The zero-order valence-electron chi connectivity index (χ0n) is 13.4. The largest absolute Gasteiger partial charge is 0.481 e. The van der Waals surface area contributed by atoms with Crippen LogP contribution in [0.2, 0.25) is 0 Å². The van der Waals surface area contributed by atoms with E-state index in [1.54, 1.807) is 11.8 Å². The number of aromatic nitrogens is 2. The van der Waals surface area contributed by atoms with E-state index in [0.29, 0.717) is 30.4 Å². The van der Waals surface area contributed by atoms with Gasteiger partial charge in [0.15, 0.2) is 0 Å². The first-order valence-electron chi connectivity index (χ1n) is 7.79. The van der Waals surface area contributed by atoms with Gasteiger partial charge in [0.25, 0.3) is 5.91 Å². The quantitative estimate of drug-likeness (QED) is 0.890. The number of benzene rings is 1. The van der Waals surface area contributed by atoms with Crippen molar-refractivity contribution in [2.75, 3.05) is 19.8 Å². The van der Waals surface area contributed by atoms with Crippen LogP contribution in [0, 0.1) is 6.92 Å². The first-order valence-corrected chi connectivity index (χ1v) is 7.79. The Kier molecular flexibility index (Phi) is 4.61. The van der Waals surface area contributed by atoms with Gasteiger partial charge in [0.05, 0.1) is 25.7 Å². The average Bonchev–Trinajstić information content (AvgIpc) is 2.97. The molecular formula is C17H19N3O4. The molecule has 1 fully saturated rings. The summed E-state index contributed by atoms with van der Waals surface area (Å²) in [6, 6.07) is 9.07. The Morgan fingerprint density at radius 3 is 2.83 bits per heavy atom. The molecule has 1 aromatic carbocycles. The highest BCUT2D eigenvalue weighted by Crippen LogP contribution is 2.21. The summed E-state index contributed by atoms with van der Waals surface area (Å²) in [5.74, 6) is -0.591. The van der Waals surface area contributed by atoms with E-state index in [1.165, 1.54) is 0 Å². The normalized spacial score (nSPS) is 17.7. The number of amides is 1. The number of ether oxygens (including phenoxy) is 1. The van der Waals surface area contributed by atoms with Gasteiger partial charge < -0.3 is 19.7 Å². The van der Waals surface area contributed by atoms with Crippen LogP contribution in [0.1, 0.15) is 22.6 Å². The molecule has 1 aliphatic rings. The second kappa shape index (κ2) is 6.84. The second-order valence-electron chi connectivity index (χ2n) is 5.75. The summed E-state index contributed by atoms with van der Waals surface area (Å²) < 4.78 is 5.32. The Morgan fingerprint density at radius 2 is 2.12 bits per heavy atom. The second-order valence-corrected chi connectivity index (χ2v) is 5.75. The van der Waals surface area contributed by atoms with Crippen molar-refractivity contribution in [3.63, 3.8) is 0 Å². The highest BCUT2D eigenvalue weighted by atomic mass is 16.5. The Hall–Kier alpha value is -2.67. The van der Waals surface area contributed by atoms with Crippen LogP contribution in [-0.4, -0.2) is 57.7 Å². The summed E-state index contributed by atoms with van der Waals surface area (Å²) in [5, 5.41) is 9.03. The molecule has 24 heavy (non-hydrogen) atoms. The number of rotatable bonds is 4. The number of nitrogens with zero attached hydrogens (tertiary/aromatic N) is 2. The van der Waals surface area contributed by atoms with Crippen LogP contribution in [0.25, 0.3) is 11.4 Å². The fourth-order valence-electron chi connectivity index (χ4n) is 2.83. The zero-order valence-corrected chi connectivity index (χ0v) is 13.4. The molecule has 2 heterocycles. The molecule has 0 radical (unpaired) electrons. The molecule has 2 N–H and O–H groups in total. The molecule has 0 unspecified atom stereocenters. The van der Waals surface area contributed by atoms with Gasteiger partial charge in [-0.2, -0.15) is 0 Å².